The second-order valence-electron chi connectivity index (χ2n) is 5.64. The molecule has 108 valence electrons. The first kappa shape index (κ1) is 15.5. The molecule has 4 heteroatoms. The van der Waals surface area contributed by atoms with Crippen molar-refractivity contribution in [2.75, 3.05) is 26.8 Å². The monoisotopic (exact) mass is 345 g/mol. The highest BCUT2D eigenvalue weighted by Gasteiger charge is 2.32. The first-order chi connectivity index (χ1) is 9.24. The molecule has 1 N–H and O–H groups in total. The molecule has 1 aromatic heterocycles. The van der Waals surface area contributed by atoms with E-state index in [2.05, 4.69) is 32.7 Å². The molecule has 0 unspecified atom stereocenters. The van der Waals surface area contributed by atoms with E-state index in [1.54, 1.807) is 7.11 Å². The van der Waals surface area contributed by atoms with Gasteiger partial charge in [0.2, 0.25) is 0 Å². The molecule has 2 nitrogen and oxygen atoms in total. The molecule has 1 fully saturated rings. The fraction of sp³-hybridized carbons (Fsp3) is 0.733. The lowest BCUT2D eigenvalue weighted by atomic mass is 9.71. The molecule has 1 saturated carbocycles. The molecule has 0 saturated heterocycles. The molecule has 1 aromatic rings. The van der Waals surface area contributed by atoms with Gasteiger partial charge in [-0.1, -0.05) is 19.3 Å². The summed E-state index contributed by atoms with van der Waals surface area (Å²) in [6.07, 6.45) is 8.14. The van der Waals surface area contributed by atoms with Crippen LogP contribution in [0.5, 0.6) is 0 Å². The molecule has 0 bridgehead atoms. The van der Waals surface area contributed by atoms with Gasteiger partial charge in [-0.2, -0.15) is 0 Å². The molecule has 2 rings (SSSR count). The van der Waals surface area contributed by atoms with Crippen LogP contribution in [0.1, 0.15) is 37.0 Å². The highest BCUT2D eigenvalue weighted by Crippen LogP contribution is 2.40. The molecule has 0 amide bonds. The Hall–Kier alpha value is 0.1000. The minimum Gasteiger partial charge on any atom is -0.383 e. The van der Waals surface area contributed by atoms with E-state index in [9.17, 15) is 0 Å². The van der Waals surface area contributed by atoms with Gasteiger partial charge in [0.15, 0.2) is 0 Å². The SMILES string of the molecule is COCCNCC1(Cc2cc(Br)cs2)CCCCC1. The Kier molecular flexibility index (Phi) is 6.33. The Morgan fingerprint density at radius 3 is 2.79 bits per heavy atom. The van der Waals surface area contributed by atoms with Crippen LogP contribution in [-0.4, -0.2) is 26.8 Å². The van der Waals surface area contributed by atoms with Crippen molar-refractivity contribution in [1.82, 2.24) is 5.32 Å². The van der Waals surface area contributed by atoms with Crippen molar-refractivity contribution in [3.63, 3.8) is 0 Å². The lowest BCUT2D eigenvalue weighted by Crippen LogP contribution is -2.38. The maximum Gasteiger partial charge on any atom is 0.0587 e. The van der Waals surface area contributed by atoms with Crippen molar-refractivity contribution in [3.8, 4) is 0 Å². The van der Waals surface area contributed by atoms with E-state index in [4.69, 9.17) is 4.74 Å². The summed E-state index contributed by atoms with van der Waals surface area (Å²) in [6.45, 7) is 2.90. The molecule has 0 atom stereocenters. The quantitative estimate of drug-likeness (QED) is 0.746. The Morgan fingerprint density at radius 2 is 2.16 bits per heavy atom. The van der Waals surface area contributed by atoms with Crippen LogP contribution in [0, 0.1) is 5.41 Å². The second-order valence-corrected chi connectivity index (χ2v) is 7.55. The maximum atomic E-state index is 5.12. The van der Waals surface area contributed by atoms with Gasteiger partial charge in [-0.15, -0.1) is 11.3 Å². The van der Waals surface area contributed by atoms with Crippen LogP contribution >= 0.6 is 27.3 Å². The summed E-state index contributed by atoms with van der Waals surface area (Å²) in [5.41, 5.74) is 0.469. The van der Waals surface area contributed by atoms with Crippen molar-refractivity contribution in [2.24, 2.45) is 5.41 Å². The molecule has 1 heterocycles. The first-order valence-corrected chi connectivity index (χ1v) is 8.84. The minimum absolute atomic E-state index is 0.469. The van der Waals surface area contributed by atoms with E-state index in [-0.39, 0.29) is 0 Å². The molecule has 0 aliphatic heterocycles. The van der Waals surface area contributed by atoms with E-state index >= 15 is 0 Å². The topological polar surface area (TPSA) is 21.3 Å². The van der Waals surface area contributed by atoms with E-state index in [1.165, 1.54) is 47.9 Å². The van der Waals surface area contributed by atoms with Crippen LogP contribution in [0.15, 0.2) is 15.9 Å². The van der Waals surface area contributed by atoms with Crippen LogP contribution in [0.3, 0.4) is 0 Å². The number of rotatable bonds is 7. The molecular formula is C15H24BrNOS. The summed E-state index contributed by atoms with van der Waals surface area (Å²) in [6, 6.07) is 2.29. The van der Waals surface area contributed by atoms with E-state index in [1.807, 2.05) is 11.3 Å². The zero-order chi connectivity index (χ0) is 13.6. The summed E-state index contributed by atoms with van der Waals surface area (Å²) in [7, 11) is 1.77. The van der Waals surface area contributed by atoms with Crippen LogP contribution in [0.25, 0.3) is 0 Å². The third-order valence-corrected chi connectivity index (χ3v) is 5.77. The number of nitrogens with one attached hydrogen (secondary N) is 1. The fourth-order valence-electron chi connectivity index (χ4n) is 3.06. The summed E-state index contributed by atoms with van der Waals surface area (Å²) in [4.78, 5) is 1.52. The fourth-order valence-corrected chi connectivity index (χ4v) is 4.69. The van der Waals surface area contributed by atoms with Gasteiger partial charge < -0.3 is 10.1 Å². The summed E-state index contributed by atoms with van der Waals surface area (Å²) in [5.74, 6) is 0. The van der Waals surface area contributed by atoms with Crippen LogP contribution in [-0.2, 0) is 11.2 Å². The molecule has 1 aliphatic carbocycles. The molecule has 1 aliphatic rings. The summed E-state index contributed by atoms with van der Waals surface area (Å²) < 4.78 is 6.35. The predicted octanol–water partition coefficient (Wildman–Crippen LogP) is 4.24. The smallest absolute Gasteiger partial charge is 0.0587 e. The zero-order valence-corrected chi connectivity index (χ0v) is 14.1. The third-order valence-electron chi connectivity index (χ3n) is 4.07. The normalized spacial score (nSPS) is 18.6. The van der Waals surface area contributed by atoms with Gasteiger partial charge >= 0.3 is 0 Å². The highest BCUT2D eigenvalue weighted by atomic mass is 79.9. The van der Waals surface area contributed by atoms with Crippen LogP contribution in [0.4, 0.5) is 0 Å². The predicted molar refractivity (Wildman–Crippen MR) is 86.0 cm³/mol. The Labute approximate surface area is 129 Å². The molecule has 0 spiro atoms. The molecule has 0 radical (unpaired) electrons. The summed E-state index contributed by atoms with van der Waals surface area (Å²) >= 11 is 5.45. The lowest BCUT2D eigenvalue weighted by molar-refractivity contribution is 0.163. The van der Waals surface area contributed by atoms with Gasteiger partial charge in [0.1, 0.15) is 0 Å². The standard InChI is InChI=1S/C15H24BrNOS/c1-18-8-7-17-12-15(5-3-2-4-6-15)10-14-9-13(16)11-19-14/h9,11,17H,2-8,10,12H2,1H3. The largest absolute Gasteiger partial charge is 0.383 e. The minimum atomic E-state index is 0.469. The van der Waals surface area contributed by atoms with Gasteiger partial charge in [0.05, 0.1) is 6.61 Å². The first-order valence-electron chi connectivity index (χ1n) is 7.17. The van der Waals surface area contributed by atoms with Gasteiger partial charge in [0.25, 0.3) is 0 Å². The number of hydrogen-bond acceptors (Lipinski definition) is 3. The second kappa shape index (κ2) is 7.77. The average Bonchev–Trinajstić information content (AvgIpc) is 2.81. The highest BCUT2D eigenvalue weighted by molar-refractivity contribution is 9.10. The number of hydrogen-bond donors (Lipinski definition) is 1. The number of ether oxygens (including phenoxy) is 1. The van der Waals surface area contributed by atoms with Gasteiger partial charge in [-0.05, 0) is 46.7 Å². The number of halogens is 1. The maximum absolute atomic E-state index is 5.12. The van der Waals surface area contributed by atoms with Crippen molar-refractivity contribution >= 4 is 27.3 Å². The van der Waals surface area contributed by atoms with Crippen molar-refractivity contribution in [2.45, 2.75) is 38.5 Å². The molecule has 19 heavy (non-hydrogen) atoms. The van der Waals surface area contributed by atoms with Crippen LogP contribution < -0.4 is 5.32 Å². The third kappa shape index (κ3) is 4.85. The Morgan fingerprint density at radius 1 is 1.37 bits per heavy atom. The lowest BCUT2D eigenvalue weighted by Gasteiger charge is -2.37. The van der Waals surface area contributed by atoms with Crippen LogP contribution in [0.2, 0.25) is 0 Å². The van der Waals surface area contributed by atoms with Gasteiger partial charge in [0, 0.05) is 34.9 Å². The Balaban J connectivity index is 1.93. The average molecular weight is 346 g/mol. The van der Waals surface area contributed by atoms with E-state index in [0.717, 1.165) is 19.7 Å². The number of methoxy groups -OCH3 is 1. The molecular weight excluding hydrogens is 322 g/mol. The van der Waals surface area contributed by atoms with Crippen molar-refractivity contribution in [3.05, 3.63) is 20.8 Å². The zero-order valence-electron chi connectivity index (χ0n) is 11.7. The Bertz CT molecular complexity index is 374. The van der Waals surface area contributed by atoms with Gasteiger partial charge in [-0.25, -0.2) is 0 Å². The number of thiophene rings is 1. The van der Waals surface area contributed by atoms with E-state index < -0.39 is 0 Å². The van der Waals surface area contributed by atoms with Crippen molar-refractivity contribution in [1.29, 1.82) is 0 Å². The van der Waals surface area contributed by atoms with E-state index in [0.29, 0.717) is 5.41 Å². The summed E-state index contributed by atoms with van der Waals surface area (Å²) in [5, 5.41) is 5.79. The van der Waals surface area contributed by atoms with Crippen molar-refractivity contribution < 1.29 is 4.74 Å². The molecule has 0 aromatic carbocycles. The van der Waals surface area contributed by atoms with Gasteiger partial charge in [-0.3, -0.25) is 0 Å².